The Hall–Kier alpha value is -4.16. The molecule has 0 radical (unpaired) electrons. The van der Waals surface area contributed by atoms with Crippen molar-refractivity contribution in [1.82, 2.24) is 9.97 Å². The average molecular weight is 373 g/mol. The van der Waals surface area contributed by atoms with Gasteiger partial charge in [-0.25, -0.2) is 4.98 Å². The van der Waals surface area contributed by atoms with E-state index >= 15 is 0 Å². The monoisotopic (exact) mass is 373 g/mol. The van der Waals surface area contributed by atoms with Crippen LogP contribution in [0.4, 0.5) is 23.1 Å². The van der Waals surface area contributed by atoms with Crippen LogP contribution >= 0.6 is 0 Å². The lowest BCUT2D eigenvalue weighted by Gasteiger charge is -2.14. The number of nitrogens with one attached hydrogen (secondary N) is 2. The van der Waals surface area contributed by atoms with E-state index in [0.29, 0.717) is 11.1 Å². The summed E-state index contributed by atoms with van der Waals surface area (Å²) in [6.45, 7) is -0.865. The van der Waals surface area contributed by atoms with Crippen LogP contribution in [-0.2, 0) is 0 Å². The van der Waals surface area contributed by atoms with Gasteiger partial charge in [0, 0.05) is 27.7 Å². The van der Waals surface area contributed by atoms with Gasteiger partial charge in [0.25, 0.3) is 0 Å². The van der Waals surface area contributed by atoms with Crippen molar-refractivity contribution in [1.29, 1.82) is 10.5 Å². The van der Waals surface area contributed by atoms with Gasteiger partial charge >= 0.3 is 0 Å². The predicted molar refractivity (Wildman–Crippen MR) is 110 cm³/mol. The molecule has 0 aliphatic carbocycles. The van der Waals surface area contributed by atoms with Gasteiger partial charge in [-0.3, -0.25) is 0 Å². The molecule has 0 unspecified atom stereocenters. The molecule has 136 valence electrons. The third-order valence-corrected chi connectivity index (χ3v) is 3.62. The molecular formula is C22H18N6. The average Bonchev–Trinajstić information content (AvgIpc) is 2.76. The first-order valence-electron chi connectivity index (χ1n) is 11.6. The number of aromatic nitrogens is 2. The van der Waals surface area contributed by atoms with Crippen molar-refractivity contribution < 1.29 is 9.60 Å². The summed E-state index contributed by atoms with van der Waals surface area (Å²) in [5, 5.41) is 23.4. The maximum atomic E-state index is 9.04. The smallest absolute Gasteiger partial charge is 0.229 e. The molecule has 6 heteroatoms. The predicted octanol–water partition coefficient (Wildman–Crippen LogP) is 4.99. The minimum Gasteiger partial charge on any atom is -0.340 e. The molecule has 1 heterocycles. The van der Waals surface area contributed by atoms with Crippen LogP contribution in [0, 0.1) is 36.4 Å². The molecule has 0 aliphatic rings. The Morgan fingerprint density at radius 2 is 1.93 bits per heavy atom. The fourth-order valence-electron chi connectivity index (χ4n) is 2.39. The molecule has 0 amide bonds. The van der Waals surface area contributed by atoms with E-state index in [9.17, 15) is 0 Å². The largest absolute Gasteiger partial charge is 0.340 e. The molecule has 28 heavy (non-hydrogen) atoms. The van der Waals surface area contributed by atoms with Gasteiger partial charge in [-0.2, -0.15) is 15.5 Å². The van der Waals surface area contributed by atoms with Crippen LogP contribution in [0.1, 0.15) is 31.8 Å². The van der Waals surface area contributed by atoms with Gasteiger partial charge in [0.15, 0.2) is 0 Å². The van der Waals surface area contributed by atoms with E-state index in [2.05, 4.69) is 20.6 Å². The zero-order chi connectivity index (χ0) is 25.9. The normalized spacial score (nSPS) is 14.3. The maximum absolute atomic E-state index is 9.04. The third-order valence-electron chi connectivity index (χ3n) is 3.62. The summed E-state index contributed by atoms with van der Waals surface area (Å²) in [5.74, 6) is -0.258. The van der Waals surface area contributed by atoms with Gasteiger partial charge in [-0.05, 0) is 78.9 Å². The maximum Gasteiger partial charge on any atom is 0.229 e. The molecule has 3 aromatic rings. The number of hydrogen-bond donors (Lipinski definition) is 2. The quantitative estimate of drug-likeness (QED) is 0.612. The molecule has 0 saturated carbocycles. The van der Waals surface area contributed by atoms with Gasteiger partial charge < -0.3 is 10.6 Å². The van der Waals surface area contributed by atoms with Crippen LogP contribution < -0.4 is 10.6 Å². The number of rotatable bonds is 5. The van der Waals surface area contributed by atoms with E-state index in [4.69, 9.17) is 20.1 Å². The highest BCUT2D eigenvalue weighted by atomic mass is 15.1. The molecule has 2 N–H and O–H groups in total. The number of anilines is 4. The molecule has 0 spiro atoms. The number of hydrogen-bond acceptors (Lipinski definition) is 6. The van der Waals surface area contributed by atoms with Crippen molar-refractivity contribution in [3.63, 3.8) is 0 Å². The highest BCUT2D eigenvalue weighted by Crippen LogP contribution is 2.26. The summed E-state index contributed by atoms with van der Waals surface area (Å²) in [5.41, 5.74) is 1.28. The van der Waals surface area contributed by atoms with Crippen molar-refractivity contribution in [2.45, 2.75) is 13.8 Å². The molecular weight excluding hydrogens is 348 g/mol. The summed E-state index contributed by atoms with van der Waals surface area (Å²) in [6.07, 6.45) is 2.27. The van der Waals surface area contributed by atoms with Gasteiger partial charge in [0.2, 0.25) is 5.95 Å². The van der Waals surface area contributed by atoms with Crippen LogP contribution in [-0.4, -0.2) is 9.97 Å². The van der Waals surface area contributed by atoms with Crippen molar-refractivity contribution in [3.05, 3.63) is 76.9 Å². The lowest BCUT2D eigenvalue weighted by molar-refractivity contribution is 1.16. The van der Waals surface area contributed by atoms with Crippen molar-refractivity contribution in [2.75, 3.05) is 10.6 Å². The molecule has 0 fully saturated rings. The van der Waals surface area contributed by atoms with Gasteiger partial charge in [-0.15, -0.1) is 0 Å². The van der Waals surface area contributed by atoms with E-state index in [1.54, 1.807) is 19.1 Å². The van der Waals surface area contributed by atoms with E-state index in [1.807, 2.05) is 6.07 Å². The second-order valence-electron chi connectivity index (χ2n) is 5.62. The van der Waals surface area contributed by atoms with Crippen molar-refractivity contribution in [2.24, 2.45) is 0 Å². The summed E-state index contributed by atoms with van der Waals surface area (Å²) in [7, 11) is 0. The van der Waals surface area contributed by atoms with E-state index in [-0.39, 0.29) is 52.4 Å². The Kier molecular flexibility index (Phi) is 3.49. The van der Waals surface area contributed by atoms with Gasteiger partial charge in [0.05, 0.1) is 23.2 Å². The molecule has 6 nitrogen and oxygen atoms in total. The van der Waals surface area contributed by atoms with Gasteiger partial charge in [-0.1, -0.05) is 0 Å². The van der Waals surface area contributed by atoms with E-state index in [1.165, 1.54) is 30.4 Å². The van der Waals surface area contributed by atoms with E-state index < -0.39 is 13.0 Å². The Morgan fingerprint density at radius 3 is 2.64 bits per heavy atom. The standard InChI is InChI=1S/C22H18N6/c1-15-12-18(4-3-10-23)13-16(2)21(15)27-20-9-11-25-22(28-20)26-19-7-5-17(14-24)6-8-19/h3-9,11-13H,1-2H3,(H2,25,26,27,28)/b4-3+/i1D3,5D,6D,9D,11D. The molecule has 0 saturated heterocycles. The van der Waals surface area contributed by atoms with Crippen LogP contribution in [0.2, 0.25) is 0 Å². The lowest BCUT2D eigenvalue weighted by Crippen LogP contribution is -2.02. The minimum absolute atomic E-state index is 0.0565. The highest BCUT2D eigenvalue weighted by molar-refractivity contribution is 5.69. The van der Waals surface area contributed by atoms with Crippen LogP contribution in [0.3, 0.4) is 0 Å². The third kappa shape index (κ3) is 4.51. The molecule has 0 aliphatic heterocycles. The number of allylic oxidation sites excluding steroid dienone is 1. The summed E-state index contributed by atoms with van der Waals surface area (Å²) < 4.78 is 55.7. The SMILES string of the molecule is [2H]c1cc(Nc2nc([2H])c([2H])c(Nc3c(C)cc(/C=C/C#N)cc3C([2H])([2H])[2H])n2)cc([2H])c1C#N. The summed E-state index contributed by atoms with van der Waals surface area (Å²) >= 11 is 0. The highest BCUT2D eigenvalue weighted by Gasteiger charge is 2.07. The minimum atomic E-state index is -2.53. The van der Waals surface area contributed by atoms with Crippen LogP contribution in [0.5, 0.6) is 0 Å². The Morgan fingerprint density at radius 1 is 1.14 bits per heavy atom. The van der Waals surface area contributed by atoms with Crippen molar-refractivity contribution >= 4 is 29.2 Å². The lowest BCUT2D eigenvalue weighted by atomic mass is 10.0. The topological polar surface area (TPSA) is 97.4 Å². The fourth-order valence-corrected chi connectivity index (χ4v) is 2.39. The number of nitrogens with zero attached hydrogens (tertiary/aromatic N) is 4. The number of nitriles is 2. The first-order chi connectivity index (χ1) is 16.4. The molecule has 2 aromatic carbocycles. The second kappa shape index (κ2) is 8.48. The second-order valence-corrected chi connectivity index (χ2v) is 5.62. The summed E-state index contributed by atoms with van der Waals surface area (Å²) in [6, 6.07) is 8.59. The van der Waals surface area contributed by atoms with Crippen LogP contribution in [0.15, 0.2) is 54.6 Å². The molecule has 3 rings (SSSR count). The molecule has 1 aromatic heterocycles. The summed E-state index contributed by atoms with van der Waals surface area (Å²) in [4.78, 5) is 8.09. The zero-order valence-electron chi connectivity index (χ0n) is 21.8. The first-order valence-corrected chi connectivity index (χ1v) is 8.06. The fraction of sp³-hybridized carbons (Fsp3) is 0.0909. The van der Waals surface area contributed by atoms with Crippen LogP contribution in [0.25, 0.3) is 6.08 Å². The van der Waals surface area contributed by atoms with Crippen molar-refractivity contribution in [3.8, 4) is 12.1 Å². The molecule has 0 bridgehead atoms. The molecule has 0 atom stereocenters. The Labute approximate surface area is 173 Å². The Bertz CT molecular complexity index is 1390. The van der Waals surface area contributed by atoms with Gasteiger partial charge in [0.1, 0.15) is 5.82 Å². The zero-order valence-corrected chi connectivity index (χ0v) is 14.8. The van der Waals surface area contributed by atoms with E-state index in [0.717, 1.165) is 0 Å². The number of aryl methyl sites for hydroxylation is 2. The Balaban J connectivity index is 2.06. The number of benzene rings is 2. The first kappa shape index (κ1) is 11.5.